The minimum atomic E-state index is -2.39. The van der Waals surface area contributed by atoms with Gasteiger partial charge < -0.3 is 93.0 Å². The second-order valence-electron chi connectivity index (χ2n) is 20.3. The molecule has 0 bridgehead atoms. The molecule has 78 heavy (non-hydrogen) atoms. The molecule has 3 heterocycles. The number of carbonyl (C=O) groups is 9. The van der Waals surface area contributed by atoms with Crippen LogP contribution in [0.2, 0.25) is 0 Å². The molecule has 1 aromatic heterocycles. The van der Waals surface area contributed by atoms with Crippen molar-refractivity contribution in [3.05, 3.63) is 23.3 Å². The zero-order valence-electron chi connectivity index (χ0n) is 44.9. The Morgan fingerprint density at radius 2 is 1.72 bits per heavy atom. The number of carbonyl (C=O) groups excluding carboxylic acids is 9. The van der Waals surface area contributed by atoms with Crippen molar-refractivity contribution >= 4 is 87.2 Å². The number of thioether (sulfide) groups is 1. The molecule has 4 rings (SSSR count). The summed E-state index contributed by atoms with van der Waals surface area (Å²) in [5.74, 6) is -9.27. The van der Waals surface area contributed by atoms with Crippen LogP contribution in [0.4, 0.5) is 4.79 Å². The number of aliphatic hydroxyl groups excluding tert-OH is 4. The Kier molecular flexibility index (Phi) is 24.7. The fraction of sp³-hybridized carbons (Fsp3) is 0.653. The Morgan fingerprint density at radius 3 is 2.33 bits per heavy atom. The zero-order valence-corrected chi connectivity index (χ0v) is 46.6. The SMILES string of the molecule is CC[C@H](C)[C@H](NC(=O)CN)C(=O)NCC(=O)N[C@H]1C[S+]([O-])c2[nH]c3c(CS[C@@H]4CCN(C(=O)OC(C)(C)C)C4)c(OC)ccc3c2C[C@@H](CO)NC(=O)[C@H]([C@@H](C)[C@@H](O)CO)NC(=O)C[C@@H](O)CNC(=O)[C@H](CC(N)=O)NC1=O. The molecule has 0 radical (unpaired) electrons. The van der Waals surface area contributed by atoms with Gasteiger partial charge in [-0.1, -0.05) is 27.2 Å². The number of nitrogens with zero attached hydrogens (tertiary/aromatic N) is 1. The number of β-amino-alcohol motifs (C(OH)–C–C–N with tert-alkyl or cyclic N) is 1. The van der Waals surface area contributed by atoms with Crippen molar-refractivity contribution in [3.63, 3.8) is 0 Å². The van der Waals surface area contributed by atoms with Crippen LogP contribution < -0.4 is 53.4 Å². The second-order valence-corrected chi connectivity index (χ2v) is 23.0. The lowest BCUT2D eigenvalue weighted by Gasteiger charge is -2.29. The molecule has 16 N–H and O–H groups in total. The fourth-order valence-electron chi connectivity index (χ4n) is 8.56. The van der Waals surface area contributed by atoms with Gasteiger partial charge in [-0.2, -0.15) is 11.8 Å². The first-order valence-corrected chi connectivity index (χ1v) is 27.9. The summed E-state index contributed by atoms with van der Waals surface area (Å²) in [6.45, 7) is 7.54. The van der Waals surface area contributed by atoms with Gasteiger partial charge in [0.1, 0.15) is 35.2 Å². The maximum atomic E-state index is 15.1. The van der Waals surface area contributed by atoms with E-state index in [0.717, 1.165) is 0 Å². The first-order chi connectivity index (χ1) is 36.7. The Hall–Kier alpha value is -5.95. The van der Waals surface area contributed by atoms with Crippen LogP contribution in [0.5, 0.6) is 5.75 Å². The van der Waals surface area contributed by atoms with Gasteiger partial charge in [-0.05, 0) is 45.2 Å². The van der Waals surface area contributed by atoms with Crippen molar-refractivity contribution in [1.29, 1.82) is 0 Å². The number of aliphatic hydroxyl groups is 4. The van der Waals surface area contributed by atoms with E-state index in [1.54, 1.807) is 51.7 Å². The van der Waals surface area contributed by atoms with Gasteiger partial charge in [0.2, 0.25) is 52.3 Å². The number of benzene rings is 1. The molecule has 2 aliphatic heterocycles. The van der Waals surface area contributed by atoms with Crippen molar-refractivity contribution in [3.8, 4) is 5.75 Å². The van der Waals surface area contributed by atoms with Gasteiger partial charge in [-0.15, -0.1) is 0 Å². The smallest absolute Gasteiger partial charge is 0.410 e. The molecule has 2 aromatic rings. The Labute approximate surface area is 459 Å². The summed E-state index contributed by atoms with van der Waals surface area (Å²) in [5.41, 5.74) is 11.4. The van der Waals surface area contributed by atoms with Crippen LogP contribution >= 0.6 is 11.8 Å². The molecule has 1 aromatic carbocycles. The number of amides is 9. The number of nitrogens with two attached hydrogens (primary N) is 2. The highest BCUT2D eigenvalue weighted by Crippen LogP contribution is 2.38. The number of aromatic amines is 1. The third kappa shape index (κ3) is 18.6. The quantitative estimate of drug-likeness (QED) is 0.0640. The average Bonchev–Trinajstić information content (AvgIpc) is 4.02. The van der Waals surface area contributed by atoms with E-state index in [1.165, 1.54) is 25.8 Å². The summed E-state index contributed by atoms with van der Waals surface area (Å²) in [5, 5.41) is 59.6. The molecule has 29 heteroatoms. The second kappa shape index (κ2) is 29.9. The highest BCUT2D eigenvalue weighted by molar-refractivity contribution is 7.99. The summed E-state index contributed by atoms with van der Waals surface area (Å²) in [4.78, 5) is 125. The van der Waals surface area contributed by atoms with Gasteiger partial charge in [-0.3, -0.25) is 38.4 Å². The van der Waals surface area contributed by atoms with Crippen molar-refractivity contribution in [2.24, 2.45) is 23.3 Å². The summed E-state index contributed by atoms with van der Waals surface area (Å²) < 4.78 is 26.5. The molecular weight excluding hydrogens is 1060 g/mol. The van der Waals surface area contributed by atoms with Gasteiger partial charge in [-0.25, -0.2) is 4.79 Å². The van der Waals surface area contributed by atoms with E-state index in [9.17, 15) is 63.6 Å². The molecule has 11 atom stereocenters. The van der Waals surface area contributed by atoms with E-state index in [1.807, 2.05) is 0 Å². The molecule has 1 saturated heterocycles. The number of hydrogen-bond donors (Lipinski definition) is 14. The minimum Gasteiger partial charge on any atom is -0.610 e. The van der Waals surface area contributed by atoms with E-state index in [2.05, 4.69) is 42.2 Å². The monoisotopic (exact) mass is 1140 g/mol. The van der Waals surface area contributed by atoms with Crippen LogP contribution in [0.1, 0.15) is 78.4 Å². The number of primary amides is 1. The molecule has 9 amide bonds. The largest absolute Gasteiger partial charge is 0.610 e. The van der Waals surface area contributed by atoms with Crippen molar-refractivity contribution in [2.45, 2.75) is 138 Å². The normalized spacial score (nSPS) is 23.7. The number of aromatic nitrogens is 1. The molecule has 0 saturated carbocycles. The molecule has 1 fully saturated rings. The number of ether oxygens (including phenoxy) is 2. The molecule has 436 valence electrons. The van der Waals surface area contributed by atoms with E-state index < -0.39 is 176 Å². The summed E-state index contributed by atoms with van der Waals surface area (Å²) >= 11 is -0.881. The van der Waals surface area contributed by atoms with Crippen LogP contribution in [0, 0.1) is 11.8 Å². The van der Waals surface area contributed by atoms with E-state index in [-0.39, 0.29) is 28.0 Å². The van der Waals surface area contributed by atoms with Gasteiger partial charge in [0.05, 0.1) is 70.0 Å². The highest BCUT2D eigenvalue weighted by atomic mass is 32.2. The Bertz CT molecular complexity index is 2460. The van der Waals surface area contributed by atoms with E-state index in [0.29, 0.717) is 48.1 Å². The number of rotatable bonds is 18. The first-order valence-electron chi connectivity index (χ1n) is 25.5. The van der Waals surface area contributed by atoms with Gasteiger partial charge in [0.25, 0.3) is 0 Å². The standard InChI is InChI=1S/C49H77N11O16S2/c1-8-24(2)40(58-38(67)16-50)45(71)53-18-39(68)55-33-23-78(74)47-30(29-9-10-35(75-7)31(42(29)59-47)22-77-28-11-12-60(19-28)48(73)76-49(4,5)6)13-26(20-61)54-46(72)41(25(3)34(64)21-62)57-37(66)14-27(63)17-52-43(69)32(15-36(51)65)56-44(33)70/h9-10,24-28,32-34,40-41,59,61-64H,8,11-23,50H2,1-7H3,(H2,51,65)(H,52,69)(H,53,71)(H,54,72)(H,55,68)(H,56,70)(H,57,66)(H,58,67)/t24-,25-,26-,27+,28+,32-,33-,34-,40-,41-,78?/m0/s1. The summed E-state index contributed by atoms with van der Waals surface area (Å²) in [6.07, 6.45) is -4.42. The number of methoxy groups -OCH3 is 1. The third-order valence-corrected chi connectivity index (χ3v) is 15.9. The maximum absolute atomic E-state index is 15.1. The molecule has 0 aliphatic carbocycles. The van der Waals surface area contributed by atoms with Crippen LogP contribution in [-0.2, 0) is 66.4 Å². The maximum Gasteiger partial charge on any atom is 0.410 e. The van der Waals surface area contributed by atoms with Crippen molar-refractivity contribution in [1.82, 2.24) is 47.1 Å². The van der Waals surface area contributed by atoms with Crippen LogP contribution in [0.3, 0.4) is 0 Å². The lowest BCUT2D eigenvalue weighted by molar-refractivity contribution is -0.134. The molecule has 27 nitrogen and oxygen atoms in total. The molecule has 1 unspecified atom stereocenters. The predicted octanol–water partition coefficient (Wildman–Crippen LogP) is -3.65. The Balaban J connectivity index is 1.87. The highest BCUT2D eigenvalue weighted by Gasteiger charge is 2.38. The zero-order chi connectivity index (χ0) is 58.2. The van der Waals surface area contributed by atoms with Crippen molar-refractivity contribution in [2.75, 3.05) is 58.8 Å². The van der Waals surface area contributed by atoms with Crippen LogP contribution in [-0.4, -0.2) is 200 Å². The first kappa shape index (κ1) is 64.6. The topological polar surface area (TPSA) is 431 Å². The Morgan fingerprint density at radius 1 is 1.01 bits per heavy atom. The number of nitrogens with one attached hydrogen (secondary N) is 8. The van der Waals surface area contributed by atoms with Crippen LogP contribution in [0.15, 0.2) is 17.2 Å². The number of H-pyrrole nitrogens is 1. The summed E-state index contributed by atoms with van der Waals surface area (Å²) in [6, 6.07) is -4.22. The number of hydrogen-bond acceptors (Lipinski definition) is 18. The van der Waals surface area contributed by atoms with Gasteiger partial charge in [0.15, 0.2) is 6.04 Å². The van der Waals surface area contributed by atoms with Crippen LogP contribution in [0.25, 0.3) is 10.9 Å². The number of likely N-dealkylation sites (tertiary alicyclic amines) is 1. The molecule has 2 aliphatic rings. The number of fused-ring (bicyclic) bond motifs is 3. The summed E-state index contributed by atoms with van der Waals surface area (Å²) in [7, 11) is 1.45. The third-order valence-electron chi connectivity index (χ3n) is 13.1. The predicted molar refractivity (Wildman–Crippen MR) is 285 cm³/mol. The molecular formula is C49H77N11O16S2. The van der Waals surface area contributed by atoms with Crippen molar-refractivity contribution < 1.29 is 77.6 Å². The van der Waals surface area contributed by atoms with Gasteiger partial charge >= 0.3 is 6.09 Å². The average molecular weight is 1140 g/mol. The van der Waals surface area contributed by atoms with E-state index in [4.69, 9.17) is 20.9 Å². The van der Waals surface area contributed by atoms with Gasteiger partial charge in [0, 0.05) is 70.7 Å². The minimum absolute atomic E-state index is 0.0543. The lowest BCUT2D eigenvalue weighted by atomic mass is 9.94. The lowest BCUT2D eigenvalue weighted by Crippen LogP contribution is -2.58. The molecule has 0 spiro atoms. The fourth-order valence-corrected chi connectivity index (χ4v) is 11.2. The van der Waals surface area contributed by atoms with E-state index >= 15 is 4.55 Å².